The lowest BCUT2D eigenvalue weighted by Gasteiger charge is -2.11. The number of aliphatic carboxylic acids is 1. The highest BCUT2D eigenvalue weighted by Gasteiger charge is 2.46. The quantitative estimate of drug-likeness (QED) is 0.717. The molecule has 0 aliphatic rings. The summed E-state index contributed by atoms with van der Waals surface area (Å²) in [6, 6.07) is 2.28. The minimum Gasteiger partial charge on any atom is -0.480 e. The third-order valence-corrected chi connectivity index (χ3v) is 3.55. The molecule has 1 aromatic carbocycles. The summed E-state index contributed by atoms with van der Waals surface area (Å²) >= 11 is 0. The van der Waals surface area contributed by atoms with Gasteiger partial charge in [0.25, 0.3) is 9.84 Å². The van der Waals surface area contributed by atoms with E-state index < -0.39 is 32.8 Å². The SMILES string of the molecule is Nc1cc(S(=O)(=O)C(F)(F)F)ccc1NCC(=O)O. The second kappa shape index (κ2) is 4.96. The molecule has 0 saturated carbocycles. The van der Waals surface area contributed by atoms with Crippen LogP contribution in [0.1, 0.15) is 0 Å². The highest BCUT2D eigenvalue weighted by molar-refractivity contribution is 7.92. The van der Waals surface area contributed by atoms with Gasteiger partial charge in [0.05, 0.1) is 16.3 Å². The smallest absolute Gasteiger partial charge is 0.480 e. The Labute approximate surface area is 105 Å². The molecule has 106 valence electrons. The third-order valence-electron chi connectivity index (χ3n) is 2.07. The van der Waals surface area contributed by atoms with Crippen LogP contribution in [0.25, 0.3) is 0 Å². The van der Waals surface area contributed by atoms with E-state index in [0.29, 0.717) is 12.1 Å². The molecular formula is C9H9F3N2O4S. The number of carboxylic acid groups (broad SMARTS) is 1. The number of anilines is 2. The van der Waals surface area contributed by atoms with Gasteiger partial charge in [0.1, 0.15) is 6.54 Å². The fourth-order valence-electron chi connectivity index (χ4n) is 1.17. The minimum atomic E-state index is -5.47. The molecule has 0 amide bonds. The number of hydrogen-bond donors (Lipinski definition) is 3. The Balaban J connectivity index is 3.11. The maximum atomic E-state index is 12.3. The number of nitrogens with two attached hydrogens (primary N) is 1. The van der Waals surface area contributed by atoms with E-state index in [9.17, 15) is 26.4 Å². The van der Waals surface area contributed by atoms with Crippen molar-refractivity contribution in [2.45, 2.75) is 10.4 Å². The predicted molar refractivity (Wildman–Crippen MR) is 60.2 cm³/mol. The van der Waals surface area contributed by atoms with Gasteiger partial charge in [0.2, 0.25) is 0 Å². The first-order chi connectivity index (χ1) is 8.55. The van der Waals surface area contributed by atoms with Crippen molar-refractivity contribution in [1.82, 2.24) is 0 Å². The second-order valence-electron chi connectivity index (χ2n) is 3.45. The highest BCUT2D eigenvalue weighted by atomic mass is 32.2. The second-order valence-corrected chi connectivity index (χ2v) is 5.39. The molecule has 0 aliphatic carbocycles. The van der Waals surface area contributed by atoms with Gasteiger partial charge in [-0.3, -0.25) is 4.79 Å². The molecule has 0 heterocycles. The summed E-state index contributed by atoms with van der Waals surface area (Å²) in [5.41, 5.74) is -0.329. The van der Waals surface area contributed by atoms with E-state index >= 15 is 0 Å². The van der Waals surface area contributed by atoms with Crippen molar-refractivity contribution >= 4 is 27.2 Å². The number of halogens is 3. The van der Waals surface area contributed by atoms with Gasteiger partial charge in [-0.15, -0.1) is 0 Å². The van der Waals surface area contributed by atoms with Crippen molar-refractivity contribution in [2.24, 2.45) is 0 Å². The van der Waals surface area contributed by atoms with Gasteiger partial charge in [-0.05, 0) is 18.2 Å². The van der Waals surface area contributed by atoms with Gasteiger partial charge in [-0.25, -0.2) is 8.42 Å². The lowest BCUT2D eigenvalue weighted by Crippen LogP contribution is -2.23. The minimum absolute atomic E-state index is 0.0310. The number of carbonyl (C=O) groups is 1. The van der Waals surface area contributed by atoms with E-state index in [4.69, 9.17) is 10.8 Å². The Morgan fingerprint density at radius 2 is 1.95 bits per heavy atom. The fraction of sp³-hybridized carbons (Fsp3) is 0.222. The standard InChI is InChI=1S/C9H9F3N2O4S/c10-9(11,12)19(17,18)5-1-2-7(6(13)3-5)14-4-8(15)16/h1-3,14H,4,13H2,(H,15,16). The molecule has 1 rings (SSSR count). The summed E-state index contributed by atoms with van der Waals surface area (Å²) in [7, 11) is -5.47. The third kappa shape index (κ3) is 3.28. The summed E-state index contributed by atoms with van der Waals surface area (Å²) in [5, 5.41) is 10.7. The molecule has 19 heavy (non-hydrogen) atoms. The molecule has 6 nitrogen and oxygen atoms in total. The number of alkyl halides is 3. The van der Waals surface area contributed by atoms with E-state index in [0.717, 1.165) is 6.07 Å². The van der Waals surface area contributed by atoms with E-state index in [-0.39, 0.29) is 11.4 Å². The zero-order valence-corrected chi connectivity index (χ0v) is 10.0. The van der Waals surface area contributed by atoms with Crippen molar-refractivity contribution < 1.29 is 31.5 Å². The van der Waals surface area contributed by atoms with Crippen LogP contribution >= 0.6 is 0 Å². The van der Waals surface area contributed by atoms with Crippen LogP contribution in [0.5, 0.6) is 0 Å². The van der Waals surface area contributed by atoms with Crippen LogP contribution in [-0.2, 0) is 14.6 Å². The Kier molecular flexibility index (Phi) is 3.94. The van der Waals surface area contributed by atoms with E-state index in [1.165, 1.54) is 0 Å². The molecule has 0 spiro atoms. The summed E-state index contributed by atoms with van der Waals surface area (Å²) in [6.45, 7) is -0.504. The van der Waals surface area contributed by atoms with Crippen LogP contribution < -0.4 is 11.1 Å². The Bertz CT molecular complexity index is 598. The molecule has 1 aromatic rings. The molecule has 0 radical (unpaired) electrons. The fourth-order valence-corrected chi connectivity index (χ4v) is 1.97. The van der Waals surface area contributed by atoms with E-state index in [2.05, 4.69) is 5.32 Å². The number of nitrogens with one attached hydrogen (secondary N) is 1. The van der Waals surface area contributed by atoms with Crippen LogP contribution in [0.15, 0.2) is 23.1 Å². The van der Waals surface area contributed by atoms with Crippen LogP contribution in [0.4, 0.5) is 24.5 Å². The number of nitrogen functional groups attached to an aromatic ring is 1. The van der Waals surface area contributed by atoms with Crippen LogP contribution in [-0.4, -0.2) is 31.5 Å². The number of sulfone groups is 1. The average molecular weight is 298 g/mol. The van der Waals surface area contributed by atoms with Crippen molar-refractivity contribution in [3.8, 4) is 0 Å². The van der Waals surface area contributed by atoms with E-state index in [1.807, 2.05) is 0 Å². The number of carboxylic acids is 1. The van der Waals surface area contributed by atoms with Crippen molar-refractivity contribution in [3.63, 3.8) is 0 Å². The van der Waals surface area contributed by atoms with E-state index in [1.54, 1.807) is 0 Å². The molecule has 0 atom stereocenters. The van der Waals surface area contributed by atoms with Gasteiger partial charge >= 0.3 is 11.5 Å². The predicted octanol–water partition coefficient (Wildman–Crippen LogP) is 1.06. The Morgan fingerprint density at radius 1 is 1.37 bits per heavy atom. The van der Waals surface area contributed by atoms with Crippen molar-refractivity contribution in [3.05, 3.63) is 18.2 Å². The first-order valence-electron chi connectivity index (χ1n) is 4.72. The normalized spacial score (nSPS) is 12.2. The van der Waals surface area contributed by atoms with Crippen molar-refractivity contribution in [1.29, 1.82) is 0 Å². The average Bonchev–Trinajstić information content (AvgIpc) is 2.25. The molecule has 0 aromatic heterocycles. The van der Waals surface area contributed by atoms with Gasteiger partial charge in [-0.1, -0.05) is 0 Å². The zero-order chi connectivity index (χ0) is 14.8. The molecule has 0 fully saturated rings. The Morgan fingerprint density at radius 3 is 2.37 bits per heavy atom. The van der Waals surface area contributed by atoms with Crippen LogP contribution in [0.3, 0.4) is 0 Å². The largest absolute Gasteiger partial charge is 0.501 e. The lowest BCUT2D eigenvalue weighted by molar-refractivity contribution is -0.134. The highest BCUT2D eigenvalue weighted by Crippen LogP contribution is 2.32. The van der Waals surface area contributed by atoms with Gasteiger partial charge < -0.3 is 16.2 Å². The number of benzene rings is 1. The van der Waals surface area contributed by atoms with Gasteiger partial charge in [-0.2, -0.15) is 13.2 Å². The van der Waals surface area contributed by atoms with Crippen LogP contribution in [0, 0.1) is 0 Å². The van der Waals surface area contributed by atoms with Gasteiger partial charge in [0.15, 0.2) is 0 Å². The van der Waals surface area contributed by atoms with Gasteiger partial charge in [0, 0.05) is 0 Å². The zero-order valence-electron chi connectivity index (χ0n) is 9.23. The topological polar surface area (TPSA) is 109 Å². The number of rotatable bonds is 4. The molecular weight excluding hydrogens is 289 g/mol. The molecule has 4 N–H and O–H groups in total. The Hall–Kier alpha value is -1.97. The first-order valence-corrected chi connectivity index (χ1v) is 6.20. The molecule has 0 aliphatic heterocycles. The van der Waals surface area contributed by atoms with Crippen molar-refractivity contribution in [2.75, 3.05) is 17.6 Å². The molecule has 10 heteroatoms. The number of hydrogen-bond acceptors (Lipinski definition) is 5. The van der Waals surface area contributed by atoms with Crippen LogP contribution in [0.2, 0.25) is 0 Å². The lowest BCUT2D eigenvalue weighted by atomic mass is 10.2. The maximum Gasteiger partial charge on any atom is 0.501 e. The monoisotopic (exact) mass is 298 g/mol. The molecule has 0 unspecified atom stereocenters. The molecule has 0 saturated heterocycles. The summed E-state index contributed by atoms with van der Waals surface area (Å²) in [6.07, 6.45) is 0. The first kappa shape index (κ1) is 15.1. The maximum absolute atomic E-state index is 12.3. The summed E-state index contributed by atoms with van der Waals surface area (Å²) in [5.74, 6) is -1.20. The summed E-state index contributed by atoms with van der Waals surface area (Å²) < 4.78 is 59.0. The molecule has 0 bridgehead atoms. The summed E-state index contributed by atoms with van der Waals surface area (Å²) in [4.78, 5) is 9.29.